The van der Waals surface area contributed by atoms with Crippen LogP contribution in [0.15, 0.2) is 29.0 Å². The summed E-state index contributed by atoms with van der Waals surface area (Å²) in [5.74, 6) is -2.52. The zero-order chi connectivity index (χ0) is 14.7. The van der Waals surface area contributed by atoms with Gasteiger partial charge in [-0.25, -0.2) is 13.6 Å². The van der Waals surface area contributed by atoms with Crippen LogP contribution in [-0.2, 0) is 4.79 Å². The van der Waals surface area contributed by atoms with E-state index in [2.05, 4.69) is 9.68 Å². The van der Waals surface area contributed by atoms with Crippen LogP contribution in [-0.4, -0.2) is 29.0 Å². The lowest BCUT2D eigenvalue weighted by Crippen LogP contribution is -2.29. The van der Waals surface area contributed by atoms with Gasteiger partial charge in [0, 0.05) is 17.7 Å². The minimum Gasteiger partial charge on any atom is -0.478 e. The molecule has 0 radical (unpaired) electrons. The van der Waals surface area contributed by atoms with Crippen molar-refractivity contribution < 1.29 is 27.9 Å². The standard InChI is InChI=1S/C12H8ClF2NO4/c13-7-3-6(9-1-2-19-16-9)10(4-8(7)15)20-11(5-14)12(17)18/h1-4,11H,5H2,(H,17,18). The smallest absolute Gasteiger partial charge is 0.347 e. The molecule has 8 heteroatoms. The van der Waals surface area contributed by atoms with E-state index in [1.807, 2.05) is 0 Å². The minimum atomic E-state index is -1.75. The molecule has 2 rings (SSSR count). The summed E-state index contributed by atoms with van der Waals surface area (Å²) >= 11 is 5.66. The van der Waals surface area contributed by atoms with Gasteiger partial charge in [0.15, 0.2) is 0 Å². The highest BCUT2D eigenvalue weighted by molar-refractivity contribution is 6.31. The van der Waals surface area contributed by atoms with Crippen LogP contribution in [0.5, 0.6) is 5.75 Å². The van der Waals surface area contributed by atoms with Crippen molar-refractivity contribution in [2.24, 2.45) is 0 Å². The molecule has 1 aromatic heterocycles. The van der Waals surface area contributed by atoms with E-state index in [4.69, 9.17) is 21.4 Å². The maximum Gasteiger partial charge on any atom is 0.347 e. The van der Waals surface area contributed by atoms with E-state index >= 15 is 0 Å². The van der Waals surface area contributed by atoms with Gasteiger partial charge in [0.1, 0.15) is 30.2 Å². The Hall–Kier alpha value is -2.15. The maximum atomic E-state index is 13.5. The number of rotatable bonds is 5. The van der Waals surface area contributed by atoms with E-state index in [1.165, 1.54) is 18.4 Å². The first-order chi connectivity index (χ1) is 9.52. The van der Waals surface area contributed by atoms with Gasteiger partial charge in [-0.2, -0.15) is 0 Å². The molecule has 5 nitrogen and oxygen atoms in total. The molecule has 20 heavy (non-hydrogen) atoms. The van der Waals surface area contributed by atoms with Crippen molar-refractivity contribution in [3.63, 3.8) is 0 Å². The Kier molecular flexibility index (Phi) is 4.19. The number of aliphatic carboxylic acids is 1. The molecule has 1 heterocycles. The highest BCUT2D eigenvalue weighted by Gasteiger charge is 2.23. The van der Waals surface area contributed by atoms with E-state index in [9.17, 15) is 13.6 Å². The van der Waals surface area contributed by atoms with Gasteiger partial charge in [0.25, 0.3) is 0 Å². The lowest BCUT2D eigenvalue weighted by Gasteiger charge is -2.15. The van der Waals surface area contributed by atoms with Crippen LogP contribution in [0.25, 0.3) is 11.3 Å². The van der Waals surface area contributed by atoms with Crippen LogP contribution < -0.4 is 4.74 Å². The van der Waals surface area contributed by atoms with E-state index in [-0.39, 0.29) is 22.0 Å². The number of benzene rings is 1. The second-order valence-electron chi connectivity index (χ2n) is 3.75. The van der Waals surface area contributed by atoms with Crippen molar-refractivity contribution in [2.75, 3.05) is 6.67 Å². The average Bonchev–Trinajstić information content (AvgIpc) is 2.92. The lowest BCUT2D eigenvalue weighted by molar-refractivity contribution is -0.145. The lowest BCUT2D eigenvalue weighted by atomic mass is 10.1. The van der Waals surface area contributed by atoms with Gasteiger partial charge in [-0.05, 0) is 6.07 Å². The number of alkyl halides is 1. The van der Waals surface area contributed by atoms with Gasteiger partial charge in [-0.15, -0.1) is 0 Å². The molecular weight excluding hydrogens is 296 g/mol. The monoisotopic (exact) mass is 303 g/mol. The first-order valence-corrected chi connectivity index (χ1v) is 5.76. The molecule has 1 aromatic carbocycles. The number of halogens is 3. The Morgan fingerprint density at radius 1 is 1.55 bits per heavy atom. The number of carbonyl (C=O) groups is 1. The first-order valence-electron chi connectivity index (χ1n) is 5.38. The number of hydrogen-bond donors (Lipinski definition) is 1. The fraction of sp³-hybridized carbons (Fsp3) is 0.167. The first kappa shape index (κ1) is 14.3. The Morgan fingerprint density at radius 2 is 2.30 bits per heavy atom. The Morgan fingerprint density at radius 3 is 2.85 bits per heavy atom. The molecule has 0 aliphatic heterocycles. The molecule has 0 bridgehead atoms. The third-order valence-corrected chi connectivity index (χ3v) is 2.71. The Labute approximate surface area is 116 Å². The Bertz CT molecular complexity index is 618. The molecule has 0 saturated heterocycles. The Balaban J connectivity index is 2.45. The molecule has 0 spiro atoms. The van der Waals surface area contributed by atoms with Crippen LogP contribution in [0.2, 0.25) is 5.02 Å². The van der Waals surface area contributed by atoms with Crippen LogP contribution in [0.3, 0.4) is 0 Å². The van der Waals surface area contributed by atoms with E-state index in [0.29, 0.717) is 0 Å². The van der Waals surface area contributed by atoms with E-state index < -0.39 is 24.6 Å². The zero-order valence-electron chi connectivity index (χ0n) is 9.85. The van der Waals surface area contributed by atoms with E-state index in [0.717, 1.165) is 6.07 Å². The number of carboxylic acids is 1. The van der Waals surface area contributed by atoms with Crippen molar-refractivity contribution in [1.29, 1.82) is 0 Å². The SMILES string of the molecule is O=C(O)C(CF)Oc1cc(F)c(Cl)cc1-c1ccon1. The summed E-state index contributed by atoms with van der Waals surface area (Å²) in [6.07, 6.45) is -0.485. The molecule has 106 valence electrons. The number of carboxylic acid groups (broad SMARTS) is 1. The quantitative estimate of drug-likeness (QED) is 0.919. The van der Waals surface area contributed by atoms with Crippen molar-refractivity contribution in [3.8, 4) is 17.0 Å². The zero-order valence-corrected chi connectivity index (χ0v) is 10.6. The second-order valence-corrected chi connectivity index (χ2v) is 4.15. The number of hydrogen-bond acceptors (Lipinski definition) is 4. The fourth-order valence-electron chi connectivity index (χ4n) is 1.48. The van der Waals surface area contributed by atoms with Crippen molar-refractivity contribution in [3.05, 3.63) is 35.3 Å². The van der Waals surface area contributed by atoms with Gasteiger partial charge in [0.05, 0.1) is 5.02 Å². The largest absolute Gasteiger partial charge is 0.478 e. The molecular formula is C12H8ClF2NO4. The van der Waals surface area contributed by atoms with Crippen molar-refractivity contribution >= 4 is 17.6 Å². The highest BCUT2D eigenvalue weighted by atomic mass is 35.5. The summed E-state index contributed by atoms with van der Waals surface area (Å²) in [5.41, 5.74) is 0.453. The average molecular weight is 304 g/mol. The van der Waals surface area contributed by atoms with Gasteiger partial charge in [0.2, 0.25) is 6.10 Å². The second kappa shape index (κ2) is 5.87. The predicted molar refractivity (Wildman–Crippen MR) is 64.9 cm³/mol. The van der Waals surface area contributed by atoms with Crippen molar-refractivity contribution in [2.45, 2.75) is 6.10 Å². The van der Waals surface area contributed by atoms with Crippen LogP contribution >= 0.6 is 11.6 Å². The molecule has 2 aromatic rings. The number of nitrogens with zero attached hydrogens (tertiary/aromatic N) is 1. The number of ether oxygens (including phenoxy) is 1. The molecule has 0 saturated carbocycles. The maximum absolute atomic E-state index is 13.5. The molecule has 0 fully saturated rings. The van der Waals surface area contributed by atoms with Crippen LogP contribution in [0.4, 0.5) is 8.78 Å². The van der Waals surface area contributed by atoms with Gasteiger partial charge >= 0.3 is 5.97 Å². The molecule has 0 aliphatic carbocycles. The summed E-state index contributed by atoms with van der Waals surface area (Å²) in [4.78, 5) is 10.8. The van der Waals surface area contributed by atoms with Crippen molar-refractivity contribution in [1.82, 2.24) is 5.16 Å². The summed E-state index contributed by atoms with van der Waals surface area (Å²) in [5, 5.41) is 12.2. The van der Waals surface area contributed by atoms with Gasteiger partial charge in [-0.1, -0.05) is 16.8 Å². The van der Waals surface area contributed by atoms with Crippen LogP contribution in [0.1, 0.15) is 0 Å². The van der Waals surface area contributed by atoms with Crippen LogP contribution in [0, 0.1) is 5.82 Å². The van der Waals surface area contributed by atoms with Gasteiger partial charge < -0.3 is 14.4 Å². The molecule has 0 aliphatic rings. The highest BCUT2D eigenvalue weighted by Crippen LogP contribution is 2.34. The summed E-state index contributed by atoms with van der Waals surface area (Å²) < 4.78 is 35.6. The number of aromatic nitrogens is 1. The fourth-order valence-corrected chi connectivity index (χ4v) is 1.64. The normalized spacial score (nSPS) is 12.2. The summed E-state index contributed by atoms with van der Waals surface area (Å²) in [6.45, 7) is -1.27. The molecule has 1 N–H and O–H groups in total. The molecule has 1 atom stereocenters. The predicted octanol–water partition coefficient (Wildman–Crippen LogP) is 2.94. The van der Waals surface area contributed by atoms with E-state index in [1.54, 1.807) is 0 Å². The van der Waals surface area contributed by atoms with Gasteiger partial charge in [-0.3, -0.25) is 0 Å². The topological polar surface area (TPSA) is 72.6 Å². The third kappa shape index (κ3) is 2.88. The third-order valence-electron chi connectivity index (χ3n) is 2.42. The molecule has 1 unspecified atom stereocenters. The molecule has 0 amide bonds. The summed E-state index contributed by atoms with van der Waals surface area (Å²) in [7, 11) is 0. The minimum absolute atomic E-state index is 0.189. The summed E-state index contributed by atoms with van der Waals surface area (Å²) in [6, 6.07) is 3.51.